The molecule has 0 spiro atoms. The average Bonchev–Trinajstić information content (AvgIpc) is 2.93. The number of aromatic nitrogens is 2. The summed E-state index contributed by atoms with van der Waals surface area (Å²) >= 11 is 0. The summed E-state index contributed by atoms with van der Waals surface area (Å²) in [5.74, 6) is 0. The number of hydrogen-bond donors (Lipinski definition) is 0. The van der Waals surface area contributed by atoms with Crippen molar-refractivity contribution < 1.29 is 0 Å². The molecule has 3 rings (SSSR count). The van der Waals surface area contributed by atoms with Gasteiger partial charge in [-0.25, -0.2) is 4.98 Å². The molecular weight excluding hydrogens is 222 g/mol. The quantitative estimate of drug-likeness (QED) is 0.807. The summed E-state index contributed by atoms with van der Waals surface area (Å²) in [6.07, 6.45) is 6.83. The molecule has 96 valence electrons. The molecule has 0 amide bonds. The van der Waals surface area contributed by atoms with Gasteiger partial charge in [0.05, 0.1) is 11.7 Å². The van der Waals surface area contributed by atoms with Crippen LogP contribution >= 0.6 is 0 Å². The topological polar surface area (TPSA) is 20.5 Å². The Balaban J connectivity index is 1.98. The molecule has 0 radical (unpaired) electrons. The van der Waals surface area contributed by atoms with E-state index in [1.807, 2.05) is 0 Å². The Morgan fingerprint density at radius 1 is 1.39 bits per heavy atom. The molecule has 3 heterocycles. The monoisotopic (exact) mass is 243 g/mol. The van der Waals surface area contributed by atoms with Crippen molar-refractivity contribution in [3.8, 4) is 0 Å². The first-order chi connectivity index (χ1) is 8.65. The molecular formula is C15H21N3. The van der Waals surface area contributed by atoms with Crippen molar-refractivity contribution in [3.05, 3.63) is 35.8 Å². The lowest BCUT2D eigenvalue weighted by Gasteiger charge is -2.26. The van der Waals surface area contributed by atoms with Gasteiger partial charge in [0.15, 0.2) is 0 Å². The lowest BCUT2D eigenvalue weighted by molar-refractivity contribution is 0.202. The molecule has 0 bridgehead atoms. The van der Waals surface area contributed by atoms with E-state index >= 15 is 0 Å². The van der Waals surface area contributed by atoms with Crippen molar-refractivity contribution in [1.29, 1.82) is 0 Å². The second-order valence-corrected chi connectivity index (χ2v) is 5.62. The van der Waals surface area contributed by atoms with E-state index in [1.54, 1.807) is 0 Å². The summed E-state index contributed by atoms with van der Waals surface area (Å²) in [6, 6.07) is 5.39. The van der Waals surface area contributed by atoms with E-state index in [2.05, 4.69) is 54.6 Å². The SMILES string of the molecule is Cc1ccn2cc(C3CCCN3C(C)C)nc2c1. The molecule has 18 heavy (non-hydrogen) atoms. The van der Waals surface area contributed by atoms with Gasteiger partial charge in [0, 0.05) is 18.4 Å². The fraction of sp³-hybridized carbons (Fsp3) is 0.533. The highest BCUT2D eigenvalue weighted by molar-refractivity contribution is 5.43. The molecule has 3 nitrogen and oxygen atoms in total. The van der Waals surface area contributed by atoms with Crippen LogP contribution in [0.2, 0.25) is 0 Å². The van der Waals surface area contributed by atoms with Gasteiger partial charge < -0.3 is 4.40 Å². The summed E-state index contributed by atoms with van der Waals surface area (Å²) in [5.41, 5.74) is 3.57. The molecule has 0 saturated carbocycles. The van der Waals surface area contributed by atoms with E-state index in [0.29, 0.717) is 12.1 Å². The highest BCUT2D eigenvalue weighted by atomic mass is 15.2. The first kappa shape index (κ1) is 11.7. The van der Waals surface area contributed by atoms with Gasteiger partial charge in [-0.1, -0.05) is 0 Å². The number of aryl methyl sites for hydroxylation is 1. The normalized spacial score (nSPS) is 21.2. The highest BCUT2D eigenvalue weighted by Gasteiger charge is 2.29. The van der Waals surface area contributed by atoms with Crippen LogP contribution in [0.15, 0.2) is 24.5 Å². The molecule has 0 aliphatic carbocycles. The van der Waals surface area contributed by atoms with Gasteiger partial charge in [0.2, 0.25) is 0 Å². The molecule has 1 unspecified atom stereocenters. The highest BCUT2D eigenvalue weighted by Crippen LogP contribution is 2.32. The molecule has 1 saturated heterocycles. The van der Waals surface area contributed by atoms with Crippen LogP contribution in [0.25, 0.3) is 5.65 Å². The van der Waals surface area contributed by atoms with Crippen molar-refractivity contribution >= 4 is 5.65 Å². The van der Waals surface area contributed by atoms with Gasteiger partial charge in [-0.05, 0) is 57.9 Å². The van der Waals surface area contributed by atoms with Crippen LogP contribution in [0.5, 0.6) is 0 Å². The summed E-state index contributed by atoms with van der Waals surface area (Å²) in [7, 11) is 0. The van der Waals surface area contributed by atoms with Crippen molar-refractivity contribution in [2.45, 2.75) is 45.7 Å². The Bertz CT molecular complexity index is 556. The third-order valence-electron chi connectivity index (χ3n) is 3.93. The van der Waals surface area contributed by atoms with Gasteiger partial charge >= 0.3 is 0 Å². The Kier molecular flexibility index (Phi) is 2.86. The minimum Gasteiger partial charge on any atom is -0.307 e. The van der Waals surface area contributed by atoms with Crippen LogP contribution in [0, 0.1) is 6.92 Å². The maximum absolute atomic E-state index is 4.81. The van der Waals surface area contributed by atoms with Crippen molar-refractivity contribution in [1.82, 2.24) is 14.3 Å². The zero-order valence-corrected chi connectivity index (χ0v) is 11.4. The number of rotatable bonds is 2. The first-order valence-electron chi connectivity index (χ1n) is 6.86. The first-order valence-corrected chi connectivity index (χ1v) is 6.86. The van der Waals surface area contributed by atoms with E-state index in [0.717, 1.165) is 5.65 Å². The molecule has 2 aromatic rings. The Morgan fingerprint density at radius 3 is 3.00 bits per heavy atom. The molecule has 0 aromatic carbocycles. The fourth-order valence-corrected chi connectivity index (χ4v) is 2.99. The van der Waals surface area contributed by atoms with Crippen LogP contribution in [0.3, 0.4) is 0 Å². The second-order valence-electron chi connectivity index (χ2n) is 5.62. The third kappa shape index (κ3) is 1.93. The summed E-state index contributed by atoms with van der Waals surface area (Å²) in [4.78, 5) is 7.37. The average molecular weight is 243 g/mol. The Labute approximate surface area is 108 Å². The number of fused-ring (bicyclic) bond motifs is 1. The van der Waals surface area contributed by atoms with Gasteiger partial charge in [-0.3, -0.25) is 4.90 Å². The summed E-state index contributed by atoms with van der Waals surface area (Å²) in [6.45, 7) is 7.87. The Morgan fingerprint density at radius 2 is 2.22 bits per heavy atom. The summed E-state index contributed by atoms with van der Waals surface area (Å²) < 4.78 is 2.14. The Hall–Kier alpha value is -1.35. The standard InChI is InChI=1S/C15H21N3/c1-11(2)18-7-4-5-14(18)13-10-17-8-6-12(3)9-15(17)16-13/h6,8-11,14H,4-5,7H2,1-3H3. The number of likely N-dealkylation sites (tertiary alicyclic amines) is 1. The van der Waals surface area contributed by atoms with E-state index in [9.17, 15) is 0 Å². The van der Waals surface area contributed by atoms with Crippen molar-refractivity contribution in [3.63, 3.8) is 0 Å². The molecule has 3 heteroatoms. The summed E-state index contributed by atoms with van der Waals surface area (Å²) in [5, 5.41) is 0. The second kappa shape index (κ2) is 4.39. The minimum absolute atomic E-state index is 0.505. The van der Waals surface area contributed by atoms with E-state index in [4.69, 9.17) is 4.98 Å². The van der Waals surface area contributed by atoms with Crippen LogP contribution in [0.1, 0.15) is 44.0 Å². The van der Waals surface area contributed by atoms with Crippen molar-refractivity contribution in [2.24, 2.45) is 0 Å². The van der Waals surface area contributed by atoms with Gasteiger partial charge in [-0.15, -0.1) is 0 Å². The van der Waals surface area contributed by atoms with Gasteiger partial charge in [0.1, 0.15) is 5.65 Å². The molecule has 0 N–H and O–H groups in total. The van der Waals surface area contributed by atoms with Crippen LogP contribution in [0.4, 0.5) is 0 Å². The predicted molar refractivity (Wildman–Crippen MR) is 73.7 cm³/mol. The molecule has 2 aromatic heterocycles. The number of nitrogens with zero attached hydrogens (tertiary/aromatic N) is 3. The smallest absolute Gasteiger partial charge is 0.137 e. The zero-order valence-electron chi connectivity index (χ0n) is 11.4. The number of imidazole rings is 1. The van der Waals surface area contributed by atoms with Crippen LogP contribution < -0.4 is 0 Å². The number of hydrogen-bond acceptors (Lipinski definition) is 2. The zero-order chi connectivity index (χ0) is 12.7. The molecule has 1 fully saturated rings. The van der Waals surface area contributed by atoms with Crippen molar-refractivity contribution in [2.75, 3.05) is 6.54 Å². The molecule has 1 aliphatic rings. The molecule has 1 atom stereocenters. The van der Waals surface area contributed by atoms with E-state index in [1.165, 1.54) is 30.6 Å². The predicted octanol–water partition coefficient (Wildman–Crippen LogP) is 3.19. The van der Waals surface area contributed by atoms with Gasteiger partial charge in [0.25, 0.3) is 0 Å². The van der Waals surface area contributed by atoms with Crippen LogP contribution in [-0.4, -0.2) is 26.9 Å². The maximum atomic E-state index is 4.81. The van der Waals surface area contributed by atoms with E-state index in [-0.39, 0.29) is 0 Å². The largest absolute Gasteiger partial charge is 0.307 e. The van der Waals surface area contributed by atoms with E-state index < -0.39 is 0 Å². The maximum Gasteiger partial charge on any atom is 0.137 e. The lowest BCUT2D eigenvalue weighted by atomic mass is 10.1. The molecule has 1 aliphatic heterocycles. The third-order valence-corrected chi connectivity index (χ3v) is 3.93. The minimum atomic E-state index is 0.505. The van der Waals surface area contributed by atoms with Gasteiger partial charge in [-0.2, -0.15) is 0 Å². The fourth-order valence-electron chi connectivity index (χ4n) is 2.99. The lowest BCUT2D eigenvalue weighted by Crippen LogP contribution is -2.30. The van der Waals surface area contributed by atoms with Crippen LogP contribution in [-0.2, 0) is 0 Å². The number of pyridine rings is 1.